The van der Waals surface area contributed by atoms with Crippen LogP contribution < -0.4 is 5.32 Å². The van der Waals surface area contributed by atoms with E-state index in [1.807, 2.05) is 0 Å². The minimum absolute atomic E-state index is 0.315. The largest absolute Gasteiger partial charge is 0.340 e. The fourth-order valence-corrected chi connectivity index (χ4v) is 2.05. The standard InChI is InChI=1S/C10H13N3OS/c1-7(9-3-4-15-6-9)11-5-10-12-8(2)14-13-10/h3-4,6-7,11H,5H2,1-2H3. The molecule has 1 atom stereocenters. The molecule has 2 rings (SSSR count). The number of nitrogens with zero attached hydrogens (tertiary/aromatic N) is 2. The van der Waals surface area contributed by atoms with Crippen LogP contribution in [0.5, 0.6) is 0 Å². The van der Waals surface area contributed by atoms with Crippen LogP contribution in [0.2, 0.25) is 0 Å². The van der Waals surface area contributed by atoms with Crippen molar-refractivity contribution < 1.29 is 4.52 Å². The number of hydrogen-bond donors (Lipinski definition) is 1. The topological polar surface area (TPSA) is 51.0 Å². The summed E-state index contributed by atoms with van der Waals surface area (Å²) in [4.78, 5) is 4.13. The van der Waals surface area contributed by atoms with Crippen molar-refractivity contribution in [3.63, 3.8) is 0 Å². The Bertz CT molecular complexity index is 410. The van der Waals surface area contributed by atoms with Crippen LogP contribution in [0.4, 0.5) is 0 Å². The smallest absolute Gasteiger partial charge is 0.223 e. The van der Waals surface area contributed by atoms with Crippen LogP contribution in [0.15, 0.2) is 21.3 Å². The van der Waals surface area contributed by atoms with Gasteiger partial charge < -0.3 is 9.84 Å². The van der Waals surface area contributed by atoms with E-state index in [9.17, 15) is 0 Å². The van der Waals surface area contributed by atoms with Gasteiger partial charge in [0.05, 0.1) is 6.54 Å². The third kappa shape index (κ3) is 2.64. The molecule has 0 amide bonds. The first-order valence-electron chi connectivity index (χ1n) is 4.80. The average molecular weight is 223 g/mol. The summed E-state index contributed by atoms with van der Waals surface area (Å²) in [5, 5.41) is 11.4. The molecule has 2 aromatic heterocycles. The Morgan fingerprint density at radius 1 is 1.60 bits per heavy atom. The highest BCUT2D eigenvalue weighted by Crippen LogP contribution is 2.15. The molecule has 80 valence electrons. The minimum atomic E-state index is 0.315. The molecule has 1 N–H and O–H groups in total. The van der Waals surface area contributed by atoms with Gasteiger partial charge in [0.25, 0.3) is 0 Å². The van der Waals surface area contributed by atoms with Gasteiger partial charge in [0, 0.05) is 13.0 Å². The molecule has 0 aliphatic heterocycles. The maximum absolute atomic E-state index is 4.89. The Labute approximate surface area is 92.3 Å². The zero-order valence-electron chi connectivity index (χ0n) is 8.73. The molecule has 0 aromatic carbocycles. The van der Waals surface area contributed by atoms with E-state index in [2.05, 4.69) is 39.2 Å². The molecule has 0 saturated carbocycles. The van der Waals surface area contributed by atoms with E-state index in [-0.39, 0.29) is 0 Å². The van der Waals surface area contributed by atoms with Gasteiger partial charge in [-0.05, 0) is 29.3 Å². The van der Waals surface area contributed by atoms with Gasteiger partial charge in [-0.25, -0.2) is 0 Å². The summed E-state index contributed by atoms with van der Waals surface area (Å²) >= 11 is 1.70. The third-order valence-electron chi connectivity index (χ3n) is 2.18. The summed E-state index contributed by atoms with van der Waals surface area (Å²) in [6.45, 7) is 4.54. The lowest BCUT2D eigenvalue weighted by atomic mass is 10.2. The molecule has 4 nitrogen and oxygen atoms in total. The lowest BCUT2D eigenvalue weighted by Gasteiger charge is -2.09. The van der Waals surface area contributed by atoms with Crippen molar-refractivity contribution in [2.24, 2.45) is 0 Å². The number of aromatic nitrogens is 2. The molecule has 0 aliphatic carbocycles. The van der Waals surface area contributed by atoms with Crippen molar-refractivity contribution in [1.82, 2.24) is 15.5 Å². The summed E-state index contributed by atoms with van der Waals surface area (Å²) in [5.41, 5.74) is 1.29. The monoisotopic (exact) mass is 223 g/mol. The molecule has 0 radical (unpaired) electrons. The van der Waals surface area contributed by atoms with Gasteiger partial charge in [0.15, 0.2) is 5.82 Å². The van der Waals surface area contributed by atoms with Crippen molar-refractivity contribution in [3.05, 3.63) is 34.1 Å². The highest BCUT2D eigenvalue weighted by molar-refractivity contribution is 7.07. The van der Waals surface area contributed by atoms with Crippen molar-refractivity contribution in [1.29, 1.82) is 0 Å². The molecule has 1 unspecified atom stereocenters. The van der Waals surface area contributed by atoms with Crippen LogP contribution in [0, 0.1) is 6.92 Å². The Kier molecular flexibility index (Phi) is 3.13. The quantitative estimate of drug-likeness (QED) is 0.864. The SMILES string of the molecule is Cc1nc(CNC(C)c2ccsc2)no1. The summed E-state index contributed by atoms with van der Waals surface area (Å²) < 4.78 is 4.89. The van der Waals surface area contributed by atoms with Gasteiger partial charge >= 0.3 is 0 Å². The number of hydrogen-bond acceptors (Lipinski definition) is 5. The van der Waals surface area contributed by atoms with Crippen LogP contribution in [-0.2, 0) is 6.54 Å². The molecule has 5 heteroatoms. The Balaban J connectivity index is 1.88. The highest BCUT2D eigenvalue weighted by atomic mass is 32.1. The van der Waals surface area contributed by atoms with Crippen molar-refractivity contribution in [2.45, 2.75) is 26.4 Å². The predicted molar refractivity (Wildman–Crippen MR) is 58.6 cm³/mol. The molecule has 0 aliphatic rings. The van der Waals surface area contributed by atoms with E-state index >= 15 is 0 Å². The van der Waals surface area contributed by atoms with Gasteiger partial charge in [-0.1, -0.05) is 5.16 Å². The molecule has 2 heterocycles. The first-order chi connectivity index (χ1) is 7.25. The fraction of sp³-hybridized carbons (Fsp3) is 0.400. The summed E-state index contributed by atoms with van der Waals surface area (Å²) in [5.74, 6) is 1.31. The van der Waals surface area contributed by atoms with E-state index in [1.165, 1.54) is 5.56 Å². The van der Waals surface area contributed by atoms with Crippen LogP contribution in [-0.4, -0.2) is 10.1 Å². The maximum atomic E-state index is 4.89. The Morgan fingerprint density at radius 3 is 3.07 bits per heavy atom. The van der Waals surface area contributed by atoms with Gasteiger partial charge in [-0.3, -0.25) is 0 Å². The number of nitrogens with one attached hydrogen (secondary N) is 1. The van der Waals surface area contributed by atoms with E-state index in [1.54, 1.807) is 18.3 Å². The van der Waals surface area contributed by atoms with E-state index in [4.69, 9.17) is 4.52 Å². The number of aryl methyl sites for hydroxylation is 1. The second kappa shape index (κ2) is 4.55. The predicted octanol–water partition coefficient (Wildman–Crippen LogP) is 2.29. The summed E-state index contributed by atoms with van der Waals surface area (Å²) in [6.07, 6.45) is 0. The Morgan fingerprint density at radius 2 is 2.47 bits per heavy atom. The second-order valence-corrected chi connectivity index (χ2v) is 4.17. The lowest BCUT2D eigenvalue weighted by Crippen LogP contribution is -2.18. The number of rotatable bonds is 4. The fourth-order valence-electron chi connectivity index (χ4n) is 1.30. The maximum Gasteiger partial charge on any atom is 0.223 e. The normalized spacial score (nSPS) is 12.9. The average Bonchev–Trinajstić information content (AvgIpc) is 2.84. The van der Waals surface area contributed by atoms with Crippen molar-refractivity contribution in [2.75, 3.05) is 0 Å². The van der Waals surface area contributed by atoms with Gasteiger partial charge in [-0.15, -0.1) is 0 Å². The van der Waals surface area contributed by atoms with Gasteiger partial charge in [-0.2, -0.15) is 16.3 Å². The van der Waals surface area contributed by atoms with Crippen LogP contribution in [0.25, 0.3) is 0 Å². The molecule has 2 aromatic rings. The van der Waals surface area contributed by atoms with E-state index < -0.39 is 0 Å². The van der Waals surface area contributed by atoms with Gasteiger partial charge in [0.1, 0.15) is 0 Å². The van der Waals surface area contributed by atoms with Gasteiger partial charge in [0.2, 0.25) is 5.89 Å². The summed E-state index contributed by atoms with van der Waals surface area (Å²) in [7, 11) is 0. The van der Waals surface area contributed by atoms with Crippen molar-refractivity contribution >= 4 is 11.3 Å². The first-order valence-corrected chi connectivity index (χ1v) is 5.74. The molecular formula is C10H13N3OS. The molecule has 0 fully saturated rings. The minimum Gasteiger partial charge on any atom is -0.340 e. The van der Waals surface area contributed by atoms with Crippen LogP contribution in [0.3, 0.4) is 0 Å². The number of thiophene rings is 1. The van der Waals surface area contributed by atoms with Crippen LogP contribution in [0.1, 0.15) is 30.2 Å². The molecule has 15 heavy (non-hydrogen) atoms. The van der Waals surface area contributed by atoms with E-state index in [0.29, 0.717) is 24.3 Å². The second-order valence-electron chi connectivity index (χ2n) is 3.39. The zero-order chi connectivity index (χ0) is 10.7. The zero-order valence-corrected chi connectivity index (χ0v) is 9.54. The van der Waals surface area contributed by atoms with E-state index in [0.717, 1.165) is 0 Å². The first kappa shape index (κ1) is 10.3. The third-order valence-corrected chi connectivity index (χ3v) is 2.88. The van der Waals surface area contributed by atoms with Crippen LogP contribution >= 0.6 is 11.3 Å². The van der Waals surface area contributed by atoms with Crippen molar-refractivity contribution in [3.8, 4) is 0 Å². The highest BCUT2D eigenvalue weighted by Gasteiger charge is 2.07. The molecule has 0 bridgehead atoms. The molecule has 0 saturated heterocycles. The Hall–Kier alpha value is -1.20. The molecular weight excluding hydrogens is 210 g/mol. The summed E-state index contributed by atoms with van der Waals surface area (Å²) in [6, 6.07) is 2.43. The molecule has 0 spiro atoms. The lowest BCUT2D eigenvalue weighted by molar-refractivity contribution is 0.384.